The zero-order valence-electron chi connectivity index (χ0n) is 33.7. The second-order valence-corrected chi connectivity index (χ2v) is 14.3. The number of hydrogen-bond acceptors (Lipinski definition) is 11. The Kier molecular flexibility index (Phi) is 18.0. The monoisotopic (exact) mass is 784 g/mol. The number of esters is 2. The van der Waals surface area contributed by atoms with Gasteiger partial charge in [-0.25, -0.2) is 9.59 Å². The largest absolute Gasteiger partial charge is 0.491 e. The number of hydrogen-bond donors (Lipinski definition) is 3. The molecule has 11 nitrogen and oxygen atoms in total. The number of aliphatic hydroxyl groups is 3. The average Bonchev–Trinajstić information content (AvgIpc) is 3.21. The summed E-state index contributed by atoms with van der Waals surface area (Å²) in [5.41, 5.74) is 5.42. The molecule has 0 saturated carbocycles. The molecule has 0 aromatic heterocycles. The molecule has 3 unspecified atom stereocenters. The first kappa shape index (κ1) is 45.9. The molecule has 0 saturated heterocycles. The van der Waals surface area contributed by atoms with Gasteiger partial charge in [-0.3, -0.25) is 0 Å². The van der Waals surface area contributed by atoms with E-state index in [1.165, 1.54) is 23.8 Å². The number of carbonyl (C=O) groups excluding carboxylic acids is 2. The molecule has 0 bridgehead atoms. The zero-order chi connectivity index (χ0) is 42.0. The van der Waals surface area contributed by atoms with Gasteiger partial charge >= 0.3 is 11.9 Å². The van der Waals surface area contributed by atoms with Crippen LogP contribution in [-0.2, 0) is 34.6 Å². The number of aliphatic hydroxyl groups excluding tert-OH is 3. The number of rotatable bonds is 20. The second-order valence-electron chi connectivity index (χ2n) is 14.3. The summed E-state index contributed by atoms with van der Waals surface area (Å²) in [6.45, 7) is 17.1. The third-order valence-electron chi connectivity index (χ3n) is 9.14. The van der Waals surface area contributed by atoms with E-state index >= 15 is 0 Å². The van der Waals surface area contributed by atoms with Gasteiger partial charge in [-0.2, -0.15) is 0 Å². The van der Waals surface area contributed by atoms with E-state index in [0.717, 1.165) is 23.3 Å². The highest BCUT2D eigenvalue weighted by Crippen LogP contribution is 2.34. The fourth-order valence-corrected chi connectivity index (χ4v) is 5.48. The maximum atomic E-state index is 11.0. The molecule has 3 atom stereocenters. The van der Waals surface area contributed by atoms with Gasteiger partial charge in [-0.1, -0.05) is 107 Å². The fraction of sp³-hybridized carbons (Fsp3) is 0.348. The van der Waals surface area contributed by atoms with Crippen LogP contribution in [0.15, 0.2) is 122 Å². The second kappa shape index (κ2) is 22.3. The number of benzene rings is 4. The topological polar surface area (TPSA) is 150 Å². The summed E-state index contributed by atoms with van der Waals surface area (Å²) in [7, 11) is 1.50. The Morgan fingerprint density at radius 3 is 1.23 bits per heavy atom. The van der Waals surface area contributed by atoms with Crippen LogP contribution in [0.3, 0.4) is 0 Å². The first-order valence-corrected chi connectivity index (χ1v) is 18.5. The van der Waals surface area contributed by atoms with E-state index in [9.17, 15) is 24.9 Å². The molecule has 11 heteroatoms. The van der Waals surface area contributed by atoms with Crippen molar-refractivity contribution in [2.24, 2.45) is 0 Å². The number of ether oxygens (including phenoxy) is 6. The van der Waals surface area contributed by atoms with Gasteiger partial charge in [0.05, 0.1) is 0 Å². The van der Waals surface area contributed by atoms with Crippen LogP contribution < -0.4 is 14.2 Å². The Morgan fingerprint density at radius 1 is 0.561 bits per heavy atom. The standard InChI is InChI=1S/C24H30O7.C22H26O4/c1-5-22(26)30-15-19(25)14-29-20-10-6-17(7-11-20)24(2,3)18-8-12-21(13-9-18)31-23(27)16-28-4;1-5-21(24)26-15-19(23)14-25-20-12-10-18(11-13-20)22(3,4)17-8-6-16(2)7-9-17/h5-13,19,23,25,27H,1,14-16H2,2-4H3;5-13,19,23H,1,14-15H2,2-4H3. The van der Waals surface area contributed by atoms with Crippen LogP contribution >= 0.6 is 0 Å². The SMILES string of the molecule is C=CC(=O)OCC(O)COc1ccc(C(C)(C)c2ccc(C)cc2)cc1.C=CC(=O)OCC(O)COc1ccc(C(C)(C)c2ccc(OC(O)COC)cc2)cc1. The molecule has 3 N–H and O–H groups in total. The molecule has 0 amide bonds. The molecule has 0 aliphatic rings. The lowest BCUT2D eigenvalue weighted by molar-refractivity contribution is -0.142. The van der Waals surface area contributed by atoms with Gasteiger partial charge in [0.1, 0.15) is 62.5 Å². The van der Waals surface area contributed by atoms with E-state index in [1.54, 1.807) is 0 Å². The first-order valence-electron chi connectivity index (χ1n) is 18.5. The van der Waals surface area contributed by atoms with E-state index < -0.39 is 30.4 Å². The van der Waals surface area contributed by atoms with Crippen LogP contribution in [0.4, 0.5) is 0 Å². The number of aryl methyl sites for hydroxylation is 1. The van der Waals surface area contributed by atoms with E-state index in [-0.39, 0.29) is 43.9 Å². The quantitative estimate of drug-likeness (QED) is 0.0505. The summed E-state index contributed by atoms with van der Waals surface area (Å²) < 4.78 is 30.9. The van der Waals surface area contributed by atoms with Gasteiger partial charge in [-0.15, -0.1) is 0 Å². The summed E-state index contributed by atoms with van der Waals surface area (Å²) >= 11 is 0. The molecule has 4 aromatic rings. The first-order chi connectivity index (χ1) is 27.1. The van der Waals surface area contributed by atoms with E-state index in [1.807, 2.05) is 72.8 Å². The number of carbonyl (C=O) groups is 2. The maximum absolute atomic E-state index is 11.0. The van der Waals surface area contributed by atoms with Crippen molar-refractivity contribution in [3.8, 4) is 17.2 Å². The van der Waals surface area contributed by atoms with E-state index in [2.05, 4.69) is 72.0 Å². The van der Waals surface area contributed by atoms with Crippen molar-refractivity contribution in [1.29, 1.82) is 0 Å². The third-order valence-corrected chi connectivity index (χ3v) is 9.14. The van der Waals surface area contributed by atoms with Crippen molar-refractivity contribution in [2.45, 2.75) is 63.9 Å². The van der Waals surface area contributed by atoms with Crippen LogP contribution in [0.5, 0.6) is 17.2 Å². The summed E-state index contributed by atoms with van der Waals surface area (Å²) in [4.78, 5) is 22.0. The molecule has 306 valence electrons. The minimum absolute atomic E-state index is 0.00352. The Hall–Kier alpha value is -5.46. The molecule has 0 heterocycles. The Balaban J connectivity index is 0.000000310. The molecule has 4 aromatic carbocycles. The smallest absolute Gasteiger partial charge is 0.330 e. The van der Waals surface area contributed by atoms with E-state index in [0.29, 0.717) is 17.2 Å². The molecule has 0 aliphatic heterocycles. The van der Waals surface area contributed by atoms with Crippen LogP contribution in [0.1, 0.15) is 55.5 Å². The lowest BCUT2D eigenvalue weighted by Crippen LogP contribution is -2.24. The van der Waals surface area contributed by atoms with E-state index in [4.69, 9.17) is 28.4 Å². The molecular formula is C46H56O11. The minimum Gasteiger partial charge on any atom is -0.491 e. The normalized spacial score (nSPS) is 12.8. The molecule has 0 aliphatic carbocycles. The van der Waals surface area contributed by atoms with Gasteiger partial charge in [-0.05, 0) is 65.6 Å². The molecule has 0 fully saturated rings. The van der Waals surface area contributed by atoms with Gasteiger partial charge < -0.3 is 43.7 Å². The van der Waals surface area contributed by atoms with Crippen LogP contribution in [0, 0.1) is 6.92 Å². The Morgan fingerprint density at radius 2 is 0.895 bits per heavy atom. The molecular weight excluding hydrogens is 728 g/mol. The maximum Gasteiger partial charge on any atom is 0.330 e. The van der Waals surface area contributed by atoms with Crippen molar-refractivity contribution in [2.75, 3.05) is 40.1 Å². The highest BCUT2D eigenvalue weighted by molar-refractivity contribution is 5.81. The lowest BCUT2D eigenvalue weighted by atomic mass is 9.78. The summed E-state index contributed by atoms with van der Waals surface area (Å²) in [6, 6.07) is 31.5. The van der Waals surface area contributed by atoms with Crippen molar-refractivity contribution < 1.29 is 53.3 Å². The van der Waals surface area contributed by atoms with Crippen LogP contribution in [-0.4, -0.2) is 85.9 Å². The molecule has 57 heavy (non-hydrogen) atoms. The van der Waals surface area contributed by atoms with Crippen molar-refractivity contribution in [3.05, 3.63) is 150 Å². The highest BCUT2D eigenvalue weighted by Gasteiger charge is 2.24. The summed E-state index contributed by atoms with van der Waals surface area (Å²) in [5, 5.41) is 29.3. The molecule has 4 rings (SSSR count). The van der Waals surface area contributed by atoms with Crippen LogP contribution in [0.2, 0.25) is 0 Å². The minimum atomic E-state index is -1.01. The van der Waals surface area contributed by atoms with Gasteiger partial charge in [0.15, 0.2) is 0 Å². The van der Waals surface area contributed by atoms with Crippen molar-refractivity contribution in [3.63, 3.8) is 0 Å². The van der Waals surface area contributed by atoms with Crippen LogP contribution in [0.25, 0.3) is 0 Å². The Bertz CT molecular complexity index is 1830. The lowest BCUT2D eigenvalue weighted by Gasteiger charge is -2.26. The zero-order valence-corrected chi connectivity index (χ0v) is 33.7. The molecule has 0 radical (unpaired) electrons. The predicted molar refractivity (Wildman–Crippen MR) is 219 cm³/mol. The van der Waals surface area contributed by atoms with Crippen molar-refractivity contribution in [1.82, 2.24) is 0 Å². The summed E-state index contributed by atoms with van der Waals surface area (Å²) in [6.07, 6.45) is -0.726. The Labute approximate surface area is 336 Å². The van der Waals surface area contributed by atoms with Crippen molar-refractivity contribution >= 4 is 11.9 Å². The third kappa shape index (κ3) is 14.9. The van der Waals surface area contributed by atoms with Gasteiger partial charge in [0.25, 0.3) is 0 Å². The highest BCUT2D eigenvalue weighted by atomic mass is 16.6. The molecule has 0 spiro atoms. The summed E-state index contributed by atoms with van der Waals surface area (Å²) in [5.74, 6) is 0.667. The average molecular weight is 785 g/mol. The van der Waals surface area contributed by atoms with Gasteiger partial charge in [0, 0.05) is 30.1 Å². The number of methoxy groups -OCH3 is 1. The van der Waals surface area contributed by atoms with Gasteiger partial charge in [0.2, 0.25) is 6.29 Å². The fourth-order valence-electron chi connectivity index (χ4n) is 5.48. The predicted octanol–water partition coefficient (Wildman–Crippen LogP) is 6.61.